The number of ether oxygens (including phenoxy) is 1. The lowest BCUT2D eigenvalue weighted by atomic mass is 9.85. The molecule has 1 aliphatic rings. The van der Waals surface area contributed by atoms with Crippen LogP contribution in [-0.4, -0.2) is 23.1 Å². The predicted octanol–water partition coefficient (Wildman–Crippen LogP) is 5.16. The summed E-state index contributed by atoms with van der Waals surface area (Å²) in [5, 5.41) is 5.82. The monoisotopic (exact) mass is 432 g/mol. The second-order valence-corrected chi connectivity index (χ2v) is 8.20. The number of nitrogens with one attached hydrogen (secondary N) is 1. The highest BCUT2D eigenvalue weighted by atomic mass is 35.5. The van der Waals surface area contributed by atoms with E-state index in [9.17, 15) is 18.0 Å². The number of carbonyl (C=O) groups excluding carboxylic acids is 1. The highest BCUT2D eigenvalue weighted by molar-refractivity contribution is 7.09. The lowest BCUT2D eigenvalue weighted by Gasteiger charge is -2.31. The van der Waals surface area contributed by atoms with Gasteiger partial charge in [0, 0.05) is 16.4 Å². The van der Waals surface area contributed by atoms with Gasteiger partial charge >= 0.3 is 6.18 Å². The average Bonchev–Trinajstić information content (AvgIpc) is 3.08. The largest absolute Gasteiger partial charge is 0.486 e. The Morgan fingerprint density at radius 3 is 2.75 bits per heavy atom. The molecule has 0 spiro atoms. The van der Waals surface area contributed by atoms with E-state index in [1.54, 1.807) is 29.6 Å². The van der Waals surface area contributed by atoms with Crippen LogP contribution in [0.5, 0.6) is 5.75 Å². The van der Waals surface area contributed by atoms with Crippen molar-refractivity contribution in [3.8, 4) is 5.75 Å². The first kappa shape index (κ1) is 20.9. The number of benzene rings is 1. The molecule has 9 heteroatoms. The quantitative estimate of drug-likeness (QED) is 0.686. The van der Waals surface area contributed by atoms with Crippen molar-refractivity contribution in [2.24, 2.45) is 5.92 Å². The number of hydrogen-bond acceptors (Lipinski definition) is 4. The van der Waals surface area contributed by atoms with Gasteiger partial charge in [0.25, 0.3) is 0 Å². The summed E-state index contributed by atoms with van der Waals surface area (Å²) < 4.78 is 44.2. The maximum Gasteiger partial charge on any atom is 0.391 e. The standard InChI is InChI=1S/C19H20ClF3N2O2S/c20-13-4-6-16(7-5-13)27-10-18-25-15(11-28-18)9-17(26)24-14-3-1-2-12(8-14)19(21,22)23/h4-7,11-12,14H,1-3,8-10H2,(H,24,26). The van der Waals surface area contributed by atoms with E-state index in [1.807, 2.05) is 0 Å². The van der Waals surface area contributed by atoms with Gasteiger partial charge in [-0.3, -0.25) is 4.79 Å². The Morgan fingerprint density at radius 1 is 1.29 bits per heavy atom. The molecule has 1 saturated carbocycles. The molecule has 2 unspecified atom stereocenters. The summed E-state index contributed by atoms with van der Waals surface area (Å²) in [6, 6.07) is 6.52. The summed E-state index contributed by atoms with van der Waals surface area (Å²) in [5.41, 5.74) is 0.584. The van der Waals surface area contributed by atoms with Gasteiger partial charge in [0.15, 0.2) is 0 Å². The minimum atomic E-state index is -4.20. The molecule has 0 aliphatic heterocycles. The van der Waals surface area contributed by atoms with Gasteiger partial charge in [-0.15, -0.1) is 11.3 Å². The number of hydrogen-bond donors (Lipinski definition) is 1. The molecule has 2 aromatic rings. The first-order valence-electron chi connectivity index (χ1n) is 8.97. The van der Waals surface area contributed by atoms with E-state index >= 15 is 0 Å². The van der Waals surface area contributed by atoms with Crippen molar-refractivity contribution in [3.63, 3.8) is 0 Å². The Hall–Kier alpha value is -1.80. The number of amides is 1. The van der Waals surface area contributed by atoms with Crippen molar-refractivity contribution in [1.29, 1.82) is 0 Å². The van der Waals surface area contributed by atoms with Gasteiger partial charge in [-0.05, 0) is 43.5 Å². The molecule has 152 valence electrons. The summed E-state index contributed by atoms with van der Waals surface area (Å²) in [4.78, 5) is 16.5. The lowest BCUT2D eigenvalue weighted by molar-refractivity contribution is -0.184. The van der Waals surface area contributed by atoms with Crippen LogP contribution in [0.4, 0.5) is 13.2 Å². The van der Waals surface area contributed by atoms with E-state index in [2.05, 4.69) is 10.3 Å². The van der Waals surface area contributed by atoms with Crippen LogP contribution in [0.1, 0.15) is 36.4 Å². The zero-order valence-electron chi connectivity index (χ0n) is 15.0. The maximum absolute atomic E-state index is 12.9. The first-order chi connectivity index (χ1) is 13.3. The number of thiazole rings is 1. The Labute approximate surface area is 170 Å². The molecule has 1 fully saturated rings. The Bertz CT molecular complexity index is 795. The topological polar surface area (TPSA) is 51.2 Å². The van der Waals surface area contributed by atoms with E-state index in [1.165, 1.54) is 11.3 Å². The van der Waals surface area contributed by atoms with Crippen LogP contribution in [-0.2, 0) is 17.8 Å². The van der Waals surface area contributed by atoms with Crippen LogP contribution in [0, 0.1) is 5.92 Å². The third-order valence-corrected chi connectivity index (χ3v) is 5.74. The lowest BCUT2D eigenvalue weighted by Crippen LogP contribution is -2.42. The number of rotatable bonds is 6. The molecule has 4 nitrogen and oxygen atoms in total. The van der Waals surface area contributed by atoms with Gasteiger partial charge in [0.1, 0.15) is 17.4 Å². The fourth-order valence-corrected chi connectivity index (χ4v) is 4.06. The van der Waals surface area contributed by atoms with Crippen molar-refractivity contribution in [3.05, 3.63) is 45.4 Å². The molecule has 1 amide bonds. The molecule has 28 heavy (non-hydrogen) atoms. The van der Waals surface area contributed by atoms with Gasteiger partial charge in [0.2, 0.25) is 5.91 Å². The number of carbonyl (C=O) groups is 1. The third kappa shape index (κ3) is 6.10. The molecule has 1 aliphatic carbocycles. The van der Waals surface area contributed by atoms with Crippen molar-refractivity contribution >= 4 is 28.8 Å². The average molecular weight is 433 g/mol. The molecule has 1 heterocycles. The van der Waals surface area contributed by atoms with Gasteiger partial charge in [-0.1, -0.05) is 18.0 Å². The van der Waals surface area contributed by atoms with Crippen LogP contribution in [0.25, 0.3) is 0 Å². The molecular formula is C19H20ClF3N2O2S. The van der Waals surface area contributed by atoms with Crippen LogP contribution in [0.15, 0.2) is 29.6 Å². The Morgan fingerprint density at radius 2 is 2.04 bits per heavy atom. The Kier molecular flexibility index (Phi) is 6.82. The molecule has 2 atom stereocenters. The van der Waals surface area contributed by atoms with Crippen LogP contribution < -0.4 is 10.1 Å². The smallest absolute Gasteiger partial charge is 0.391 e. The van der Waals surface area contributed by atoms with Crippen LogP contribution >= 0.6 is 22.9 Å². The van der Waals surface area contributed by atoms with Crippen molar-refractivity contribution in [2.45, 2.75) is 50.9 Å². The van der Waals surface area contributed by atoms with Crippen molar-refractivity contribution < 1.29 is 22.7 Å². The second-order valence-electron chi connectivity index (χ2n) is 6.82. The third-order valence-electron chi connectivity index (χ3n) is 4.62. The number of halogens is 4. The summed E-state index contributed by atoms with van der Waals surface area (Å²) >= 11 is 7.19. The summed E-state index contributed by atoms with van der Waals surface area (Å²) in [6.07, 6.45) is -3.01. The van der Waals surface area contributed by atoms with E-state index < -0.39 is 18.1 Å². The highest BCUT2D eigenvalue weighted by Gasteiger charge is 2.42. The maximum atomic E-state index is 12.9. The fourth-order valence-electron chi connectivity index (χ4n) is 3.23. The predicted molar refractivity (Wildman–Crippen MR) is 102 cm³/mol. The summed E-state index contributed by atoms with van der Waals surface area (Å²) in [5.74, 6) is -0.971. The van der Waals surface area contributed by atoms with Crippen LogP contribution in [0.3, 0.4) is 0 Å². The van der Waals surface area contributed by atoms with Gasteiger partial charge in [-0.2, -0.15) is 13.2 Å². The molecule has 1 N–H and O–H groups in total. The number of nitrogens with zero attached hydrogens (tertiary/aromatic N) is 1. The van der Waals surface area contributed by atoms with Gasteiger partial charge in [0.05, 0.1) is 18.0 Å². The minimum Gasteiger partial charge on any atom is -0.486 e. The Balaban J connectivity index is 1.46. The van der Waals surface area contributed by atoms with Gasteiger partial charge < -0.3 is 10.1 Å². The zero-order valence-corrected chi connectivity index (χ0v) is 16.5. The minimum absolute atomic E-state index is 0.0463. The van der Waals surface area contributed by atoms with E-state index in [0.29, 0.717) is 34.3 Å². The molecule has 1 aromatic carbocycles. The van der Waals surface area contributed by atoms with Crippen LogP contribution in [0.2, 0.25) is 5.02 Å². The number of alkyl halides is 3. The molecule has 1 aromatic heterocycles. The molecule has 0 bridgehead atoms. The molecule has 3 rings (SSSR count). The van der Waals surface area contributed by atoms with E-state index in [0.717, 1.165) is 0 Å². The highest BCUT2D eigenvalue weighted by Crippen LogP contribution is 2.37. The van der Waals surface area contributed by atoms with Gasteiger partial charge in [-0.25, -0.2) is 4.98 Å². The number of aromatic nitrogens is 1. The summed E-state index contributed by atoms with van der Waals surface area (Å²) in [7, 11) is 0. The first-order valence-corrected chi connectivity index (χ1v) is 10.2. The second kappa shape index (κ2) is 9.13. The zero-order chi connectivity index (χ0) is 20.1. The normalized spacial score (nSPS) is 20.0. The molecule has 0 radical (unpaired) electrons. The van der Waals surface area contributed by atoms with Crippen molar-refractivity contribution in [2.75, 3.05) is 0 Å². The molecular weight excluding hydrogens is 413 g/mol. The van der Waals surface area contributed by atoms with Crippen molar-refractivity contribution in [1.82, 2.24) is 10.3 Å². The molecule has 0 saturated heterocycles. The fraction of sp³-hybridized carbons (Fsp3) is 0.474. The van der Waals surface area contributed by atoms with E-state index in [-0.39, 0.29) is 31.8 Å². The summed E-state index contributed by atoms with van der Waals surface area (Å²) in [6.45, 7) is 0.268. The van der Waals surface area contributed by atoms with E-state index in [4.69, 9.17) is 16.3 Å². The SMILES string of the molecule is O=C(Cc1csc(COc2ccc(Cl)cc2)n1)NC1CCCC(C(F)(F)F)C1.